The third-order valence-corrected chi connectivity index (χ3v) is 2.43. The monoisotopic (exact) mass is 179 g/mol. The van der Waals surface area contributed by atoms with Crippen LogP contribution in [0.25, 0.3) is 0 Å². The van der Waals surface area contributed by atoms with Gasteiger partial charge in [0.1, 0.15) is 0 Å². The van der Waals surface area contributed by atoms with E-state index in [1.54, 1.807) is 0 Å². The predicted octanol–water partition coefficient (Wildman–Crippen LogP) is 0.805. The molecular formula is C6H13NO3S. The van der Waals surface area contributed by atoms with E-state index in [4.69, 9.17) is 4.18 Å². The fraction of sp³-hybridized carbons (Fsp3) is 1.00. The number of rotatable bonds is 3. The minimum absolute atomic E-state index is 0.0770. The van der Waals surface area contributed by atoms with E-state index in [9.17, 15) is 4.21 Å². The predicted molar refractivity (Wildman–Crippen MR) is 41.4 cm³/mol. The Morgan fingerprint density at radius 1 is 1.27 bits per heavy atom. The quantitative estimate of drug-likeness (QED) is 0.651. The highest BCUT2D eigenvalue weighted by Crippen LogP contribution is 2.20. The van der Waals surface area contributed by atoms with Crippen molar-refractivity contribution < 1.29 is 12.7 Å². The van der Waals surface area contributed by atoms with Gasteiger partial charge in [0.25, 0.3) is 0 Å². The van der Waals surface area contributed by atoms with Crippen LogP contribution in [-0.2, 0) is 19.8 Å². The number of hydrogen-bond donors (Lipinski definition) is 1. The van der Waals surface area contributed by atoms with Crippen molar-refractivity contribution in [3.63, 3.8) is 0 Å². The lowest BCUT2D eigenvalue weighted by Gasteiger charge is -2.19. The molecule has 66 valence electrons. The smallest absolute Gasteiger partial charge is 0.264 e. The van der Waals surface area contributed by atoms with Crippen LogP contribution in [0.15, 0.2) is 0 Å². The van der Waals surface area contributed by atoms with Crippen LogP contribution in [0.2, 0.25) is 0 Å². The second-order valence-corrected chi connectivity index (χ2v) is 3.45. The van der Waals surface area contributed by atoms with Gasteiger partial charge in [-0.25, -0.2) is 0 Å². The van der Waals surface area contributed by atoms with E-state index in [2.05, 4.69) is 10.2 Å². The molecule has 1 saturated carbocycles. The molecule has 0 aromatic carbocycles. The molecule has 0 heterocycles. The van der Waals surface area contributed by atoms with Gasteiger partial charge in [0.15, 0.2) is 0 Å². The molecule has 4 nitrogen and oxygen atoms in total. The first-order valence-electron chi connectivity index (χ1n) is 3.79. The summed E-state index contributed by atoms with van der Waals surface area (Å²) in [7, 11) is 0. The lowest BCUT2D eigenvalue weighted by atomic mass is 9.98. The Kier molecular flexibility index (Phi) is 3.99. The van der Waals surface area contributed by atoms with Crippen LogP contribution in [0.3, 0.4) is 0 Å². The van der Waals surface area contributed by atoms with E-state index in [0.29, 0.717) is 0 Å². The van der Waals surface area contributed by atoms with Gasteiger partial charge in [-0.1, -0.05) is 19.3 Å². The molecule has 11 heavy (non-hydrogen) atoms. The highest BCUT2D eigenvalue weighted by molar-refractivity contribution is 7.75. The lowest BCUT2D eigenvalue weighted by Crippen LogP contribution is -2.20. The summed E-state index contributed by atoms with van der Waals surface area (Å²) in [6.07, 6.45) is 5.55. The summed E-state index contributed by atoms with van der Waals surface area (Å²) >= 11 is -1.75. The van der Waals surface area contributed by atoms with E-state index < -0.39 is 11.4 Å². The number of hydrogen-bond acceptors (Lipinski definition) is 4. The Morgan fingerprint density at radius 2 is 1.91 bits per heavy atom. The van der Waals surface area contributed by atoms with E-state index in [1.165, 1.54) is 6.42 Å². The maximum atomic E-state index is 10.6. The fourth-order valence-corrected chi connectivity index (χ4v) is 1.76. The zero-order chi connectivity index (χ0) is 8.10. The number of nitrogens with two attached hydrogens (primary N) is 1. The maximum Gasteiger partial charge on any atom is 0.322 e. The molecule has 0 aliphatic heterocycles. The van der Waals surface area contributed by atoms with Crippen molar-refractivity contribution in [3.8, 4) is 0 Å². The summed E-state index contributed by atoms with van der Waals surface area (Å²) in [5.74, 6) is 4.66. The topological polar surface area (TPSA) is 61.5 Å². The van der Waals surface area contributed by atoms with Crippen LogP contribution in [0.4, 0.5) is 0 Å². The molecule has 1 fully saturated rings. The molecule has 2 N–H and O–H groups in total. The van der Waals surface area contributed by atoms with Gasteiger partial charge in [0.05, 0.1) is 6.10 Å². The van der Waals surface area contributed by atoms with Crippen LogP contribution < -0.4 is 5.90 Å². The highest BCUT2D eigenvalue weighted by atomic mass is 32.2. The Labute approximate surface area is 68.9 Å². The average molecular weight is 179 g/mol. The minimum Gasteiger partial charge on any atom is -0.264 e. The molecule has 0 saturated heterocycles. The summed E-state index contributed by atoms with van der Waals surface area (Å²) in [6, 6.07) is 0. The van der Waals surface area contributed by atoms with Crippen LogP contribution in [0.1, 0.15) is 32.1 Å². The molecule has 0 aromatic heterocycles. The van der Waals surface area contributed by atoms with E-state index >= 15 is 0 Å². The van der Waals surface area contributed by atoms with Crippen molar-refractivity contribution in [2.24, 2.45) is 5.90 Å². The molecule has 1 unspecified atom stereocenters. The van der Waals surface area contributed by atoms with E-state index in [1.807, 2.05) is 0 Å². The summed E-state index contributed by atoms with van der Waals surface area (Å²) in [5.41, 5.74) is 0. The SMILES string of the molecule is NOS(=O)OC1CCCCC1. The molecular weight excluding hydrogens is 166 g/mol. The highest BCUT2D eigenvalue weighted by Gasteiger charge is 2.16. The summed E-state index contributed by atoms with van der Waals surface area (Å²) in [5, 5.41) is 0. The Morgan fingerprint density at radius 3 is 2.45 bits per heavy atom. The first-order chi connectivity index (χ1) is 5.33. The molecule has 1 aliphatic carbocycles. The van der Waals surface area contributed by atoms with Crippen molar-refractivity contribution in [1.82, 2.24) is 0 Å². The second-order valence-electron chi connectivity index (χ2n) is 2.66. The standard InChI is InChI=1S/C6H13NO3S/c7-10-11(8)9-6-4-2-1-3-5-6/h6H,1-5,7H2. The van der Waals surface area contributed by atoms with Crippen LogP contribution in [0, 0.1) is 0 Å². The summed E-state index contributed by atoms with van der Waals surface area (Å²) < 4.78 is 19.6. The van der Waals surface area contributed by atoms with Crippen molar-refractivity contribution in [2.45, 2.75) is 38.2 Å². The molecule has 0 spiro atoms. The van der Waals surface area contributed by atoms with Crippen molar-refractivity contribution in [3.05, 3.63) is 0 Å². The molecule has 0 radical (unpaired) electrons. The van der Waals surface area contributed by atoms with Crippen molar-refractivity contribution in [1.29, 1.82) is 0 Å². The third-order valence-electron chi connectivity index (χ3n) is 1.85. The van der Waals surface area contributed by atoms with Gasteiger partial charge >= 0.3 is 11.4 Å². The van der Waals surface area contributed by atoms with Gasteiger partial charge < -0.3 is 0 Å². The van der Waals surface area contributed by atoms with Crippen LogP contribution >= 0.6 is 0 Å². The first-order valence-corrected chi connectivity index (χ1v) is 4.79. The average Bonchev–Trinajstić information content (AvgIpc) is 2.06. The van der Waals surface area contributed by atoms with Gasteiger partial charge in [0.2, 0.25) is 0 Å². The molecule has 0 bridgehead atoms. The zero-order valence-electron chi connectivity index (χ0n) is 6.32. The largest absolute Gasteiger partial charge is 0.322 e. The van der Waals surface area contributed by atoms with Crippen LogP contribution in [-0.4, -0.2) is 10.3 Å². The normalized spacial score (nSPS) is 23.4. The first kappa shape index (κ1) is 9.12. The Bertz CT molecular complexity index is 136. The fourth-order valence-electron chi connectivity index (χ4n) is 1.30. The summed E-state index contributed by atoms with van der Waals surface area (Å²) in [6.45, 7) is 0. The van der Waals surface area contributed by atoms with Gasteiger partial charge in [-0.05, 0) is 12.8 Å². The second kappa shape index (κ2) is 4.82. The molecule has 1 rings (SSSR count). The minimum atomic E-state index is -1.75. The molecule has 1 aliphatic rings. The Balaban J connectivity index is 2.19. The van der Waals surface area contributed by atoms with E-state index in [0.717, 1.165) is 25.7 Å². The van der Waals surface area contributed by atoms with Crippen LogP contribution in [0.5, 0.6) is 0 Å². The molecule has 1 atom stereocenters. The molecule has 5 heteroatoms. The van der Waals surface area contributed by atoms with Gasteiger partial charge in [-0.15, -0.1) is 0 Å². The van der Waals surface area contributed by atoms with Gasteiger partial charge in [0, 0.05) is 0 Å². The summed E-state index contributed by atoms with van der Waals surface area (Å²) in [4.78, 5) is 0. The van der Waals surface area contributed by atoms with E-state index in [-0.39, 0.29) is 6.10 Å². The Hall–Kier alpha value is 0.0300. The molecule has 0 amide bonds. The maximum absolute atomic E-state index is 10.6. The van der Waals surface area contributed by atoms with Gasteiger partial charge in [-0.3, -0.25) is 4.18 Å². The van der Waals surface area contributed by atoms with Crippen molar-refractivity contribution >= 4 is 11.4 Å². The zero-order valence-corrected chi connectivity index (χ0v) is 7.14. The molecule has 0 aromatic rings. The van der Waals surface area contributed by atoms with Crippen molar-refractivity contribution in [2.75, 3.05) is 0 Å². The van der Waals surface area contributed by atoms with Gasteiger partial charge in [-0.2, -0.15) is 14.4 Å². The third kappa shape index (κ3) is 3.29. The lowest BCUT2D eigenvalue weighted by molar-refractivity contribution is 0.145.